The summed E-state index contributed by atoms with van der Waals surface area (Å²) in [7, 11) is 0. The van der Waals surface area contributed by atoms with Crippen LogP contribution in [0.15, 0.2) is 28.8 Å². The number of carbonyl (C=O) groups excluding carboxylic acids is 1. The van der Waals surface area contributed by atoms with Crippen LogP contribution in [-0.2, 0) is 17.8 Å². The molecule has 2 saturated heterocycles. The molecule has 28 heavy (non-hydrogen) atoms. The standard InChI is InChI=1S/C21H27FN4O2/c1-13(2)7-20-23-19(24-28-20)12-25-9-16-10-26(14(3)27)21(18(16)11-25)15-5-4-6-17(22)8-15/h4-6,8,13,16,18,21H,7,9-12H2,1-3H3/t16-,18-,21-/m1/s1. The van der Waals surface area contributed by atoms with Crippen molar-refractivity contribution in [3.8, 4) is 0 Å². The van der Waals surface area contributed by atoms with E-state index < -0.39 is 0 Å². The van der Waals surface area contributed by atoms with Crippen molar-refractivity contribution >= 4 is 5.91 Å². The molecule has 2 aliphatic heterocycles. The second kappa shape index (κ2) is 7.62. The number of aromatic nitrogens is 2. The van der Waals surface area contributed by atoms with Crippen LogP contribution in [0, 0.1) is 23.6 Å². The van der Waals surface area contributed by atoms with E-state index in [1.165, 1.54) is 6.07 Å². The number of nitrogens with zero attached hydrogens (tertiary/aromatic N) is 4. The normalized spacial score (nSPS) is 24.9. The fourth-order valence-corrected chi connectivity index (χ4v) is 4.69. The van der Waals surface area contributed by atoms with Gasteiger partial charge in [-0.15, -0.1) is 0 Å². The summed E-state index contributed by atoms with van der Waals surface area (Å²) < 4.78 is 19.2. The molecule has 0 bridgehead atoms. The summed E-state index contributed by atoms with van der Waals surface area (Å²) >= 11 is 0. The predicted molar refractivity (Wildman–Crippen MR) is 102 cm³/mol. The predicted octanol–water partition coefficient (Wildman–Crippen LogP) is 3.06. The van der Waals surface area contributed by atoms with Crippen LogP contribution in [0.2, 0.25) is 0 Å². The first-order valence-corrected chi connectivity index (χ1v) is 9.97. The molecule has 2 fully saturated rings. The Labute approximate surface area is 164 Å². The van der Waals surface area contributed by atoms with E-state index in [1.54, 1.807) is 19.1 Å². The van der Waals surface area contributed by atoms with Gasteiger partial charge in [0.05, 0.1) is 12.6 Å². The average molecular weight is 386 g/mol. The van der Waals surface area contributed by atoms with Crippen molar-refractivity contribution < 1.29 is 13.7 Å². The molecule has 0 N–H and O–H groups in total. The summed E-state index contributed by atoms with van der Waals surface area (Å²) in [6, 6.07) is 6.57. The van der Waals surface area contributed by atoms with E-state index in [-0.39, 0.29) is 23.7 Å². The zero-order chi connectivity index (χ0) is 19.8. The number of amides is 1. The average Bonchev–Trinajstić information content (AvgIpc) is 3.29. The van der Waals surface area contributed by atoms with Crippen LogP contribution < -0.4 is 0 Å². The summed E-state index contributed by atoms with van der Waals surface area (Å²) in [6.07, 6.45) is 0.785. The van der Waals surface area contributed by atoms with E-state index in [4.69, 9.17) is 4.52 Å². The Bertz CT molecular complexity index is 852. The Morgan fingerprint density at radius 1 is 1.32 bits per heavy atom. The summed E-state index contributed by atoms with van der Waals surface area (Å²) in [6.45, 7) is 8.92. The third kappa shape index (κ3) is 3.81. The first kappa shape index (κ1) is 19.1. The molecular formula is C21H27FN4O2. The smallest absolute Gasteiger partial charge is 0.226 e. The van der Waals surface area contributed by atoms with Gasteiger partial charge in [0.25, 0.3) is 0 Å². The molecular weight excluding hydrogens is 359 g/mol. The van der Waals surface area contributed by atoms with Gasteiger partial charge >= 0.3 is 0 Å². The number of hydrogen-bond acceptors (Lipinski definition) is 5. The number of hydrogen-bond donors (Lipinski definition) is 0. The molecule has 2 aromatic rings. The van der Waals surface area contributed by atoms with Crippen LogP contribution in [0.1, 0.15) is 44.1 Å². The van der Waals surface area contributed by atoms with Gasteiger partial charge in [-0.25, -0.2) is 4.39 Å². The Morgan fingerprint density at radius 2 is 2.14 bits per heavy atom. The number of likely N-dealkylation sites (tertiary alicyclic amines) is 2. The second-order valence-electron chi connectivity index (χ2n) is 8.49. The van der Waals surface area contributed by atoms with Crippen LogP contribution in [0.25, 0.3) is 0 Å². The second-order valence-corrected chi connectivity index (χ2v) is 8.49. The van der Waals surface area contributed by atoms with Gasteiger partial charge in [-0.3, -0.25) is 9.69 Å². The van der Waals surface area contributed by atoms with Gasteiger partial charge in [0, 0.05) is 38.9 Å². The fraction of sp³-hybridized carbons (Fsp3) is 0.571. The van der Waals surface area contributed by atoms with Crippen LogP contribution >= 0.6 is 0 Å². The lowest BCUT2D eigenvalue weighted by molar-refractivity contribution is -0.130. The van der Waals surface area contributed by atoms with Crippen molar-refractivity contribution in [1.29, 1.82) is 0 Å². The zero-order valence-corrected chi connectivity index (χ0v) is 16.6. The first-order valence-electron chi connectivity index (χ1n) is 9.97. The van der Waals surface area contributed by atoms with E-state index in [0.29, 0.717) is 36.6 Å². The van der Waals surface area contributed by atoms with E-state index in [1.807, 2.05) is 11.0 Å². The molecule has 0 aliphatic carbocycles. The first-order chi connectivity index (χ1) is 13.4. The van der Waals surface area contributed by atoms with Gasteiger partial charge in [0.2, 0.25) is 11.8 Å². The molecule has 1 amide bonds. The number of rotatable bonds is 5. The molecule has 150 valence electrons. The van der Waals surface area contributed by atoms with Crippen LogP contribution in [0.4, 0.5) is 4.39 Å². The summed E-state index contributed by atoms with van der Waals surface area (Å²) in [5, 5.41) is 4.12. The quantitative estimate of drug-likeness (QED) is 0.790. The van der Waals surface area contributed by atoms with E-state index >= 15 is 0 Å². The molecule has 0 unspecified atom stereocenters. The van der Waals surface area contributed by atoms with Crippen LogP contribution in [-0.4, -0.2) is 45.5 Å². The maximum absolute atomic E-state index is 13.8. The molecule has 0 saturated carbocycles. The van der Waals surface area contributed by atoms with E-state index in [9.17, 15) is 9.18 Å². The largest absolute Gasteiger partial charge is 0.339 e. The van der Waals surface area contributed by atoms with Crippen LogP contribution in [0.5, 0.6) is 0 Å². The number of carbonyl (C=O) groups is 1. The van der Waals surface area contributed by atoms with Crippen molar-refractivity contribution in [2.75, 3.05) is 19.6 Å². The molecule has 1 aromatic heterocycles. The molecule has 3 atom stereocenters. The van der Waals surface area contributed by atoms with Gasteiger partial charge in [-0.1, -0.05) is 31.1 Å². The lowest BCUT2D eigenvalue weighted by Gasteiger charge is -2.29. The minimum atomic E-state index is -0.260. The molecule has 4 rings (SSSR count). The van der Waals surface area contributed by atoms with Gasteiger partial charge in [-0.05, 0) is 29.5 Å². The highest BCUT2D eigenvalue weighted by molar-refractivity contribution is 5.74. The summed E-state index contributed by atoms with van der Waals surface area (Å²) in [5.74, 6) is 2.32. The Kier molecular flexibility index (Phi) is 5.19. The third-order valence-corrected chi connectivity index (χ3v) is 5.79. The summed E-state index contributed by atoms with van der Waals surface area (Å²) in [5.41, 5.74) is 0.878. The topological polar surface area (TPSA) is 62.5 Å². The molecule has 3 heterocycles. The van der Waals surface area contributed by atoms with Crippen molar-refractivity contribution in [3.05, 3.63) is 47.4 Å². The molecule has 0 spiro atoms. The third-order valence-electron chi connectivity index (χ3n) is 5.79. The lowest BCUT2D eigenvalue weighted by atomic mass is 9.89. The fourth-order valence-electron chi connectivity index (χ4n) is 4.69. The molecule has 0 radical (unpaired) electrons. The highest BCUT2D eigenvalue weighted by Gasteiger charge is 2.48. The minimum Gasteiger partial charge on any atom is -0.339 e. The highest BCUT2D eigenvalue weighted by Crippen LogP contribution is 2.45. The summed E-state index contributed by atoms with van der Waals surface area (Å²) in [4.78, 5) is 20.9. The number of halogens is 1. The van der Waals surface area contributed by atoms with Crippen LogP contribution in [0.3, 0.4) is 0 Å². The molecule has 6 nitrogen and oxygen atoms in total. The zero-order valence-electron chi connectivity index (χ0n) is 16.6. The van der Waals surface area contributed by atoms with Gasteiger partial charge in [0.15, 0.2) is 5.82 Å². The Hall–Kier alpha value is -2.28. The van der Waals surface area contributed by atoms with Gasteiger partial charge < -0.3 is 9.42 Å². The SMILES string of the molecule is CC(=O)N1C[C@H]2CN(Cc3noc(CC(C)C)n3)C[C@H]2[C@H]1c1cccc(F)c1. The van der Waals surface area contributed by atoms with Gasteiger partial charge in [-0.2, -0.15) is 4.98 Å². The van der Waals surface area contributed by atoms with Crippen molar-refractivity contribution in [1.82, 2.24) is 19.9 Å². The Balaban J connectivity index is 1.48. The maximum atomic E-state index is 13.8. The number of benzene rings is 1. The Morgan fingerprint density at radius 3 is 2.86 bits per heavy atom. The molecule has 1 aromatic carbocycles. The lowest BCUT2D eigenvalue weighted by Crippen LogP contribution is -2.34. The van der Waals surface area contributed by atoms with Gasteiger partial charge in [0.1, 0.15) is 5.82 Å². The van der Waals surface area contributed by atoms with Crippen molar-refractivity contribution in [3.63, 3.8) is 0 Å². The van der Waals surface area contributed by atoms with E-state index in [0.717, 1.165) is 25.1 Å². The highest BCUT2D eigenvalue weighted by atomic mass is 19.1. The van der Waals surface area contributed by atoms with E-state index in [2.05, 4.69) is 28.9 Å². The van der Waals surface area contributed by atoms with Crippen molar-refractivity contribution in [2.24, 2.45) is 17.8 Å². The molecule has 2 aliphatic rings. The maximum Gasteiger partial charge on any atom is 0.226 e. The monoisotopic (exact) mass is 386 g/mol. The van der Waals surface area contributed by atoms with Crippen molar-refractivity contribution in [2.45, 2.75) is 39.8 Å². The molecule has 7 heteroatoms. The number of fused-ring (bicyclic) bond motifs is 1. The minimum absolute atomic E-state index is 0.0479.